The van der Waals surface area contributed by atoms with Crippen molar-refractivity contribution in [2.24, 2.45) is 5.10 Å². The summed E-state index contributed by atoms with van der Waals surface area (Å²) in [4.78, 5) is 0. The smallest absolute Gasteiger partial charge is 0.216 e. The van der Waals surface area contributed by atoms with E-state index in [-0.39, 0.29) is 5.41 Å². The van der Waals surface area contributed by atoms with Crippen LogP contribution in [0.1, 0.15) is 31.9 Å². The highest BCUT2D eigenvalue weighted by molar-refractivity contribution is 7.71. The van der Waals surface area contributed by atoms with Crippen LogP contribution in [0.4, 0.5) is 0 Å². The van der Waals surface area contributed by atoms with E-state index in [0.29, 0.717) is 15.6 Å². The molecule has 4 nitrogen and oxygen atoms in total. The van der Waals surface area contributed by atoms with Gasteiger partial charge < -0.3 is 0 Å². The van der Waals surface area contributed by atoms with E-state index in [0.717, 1.165) is 11.1 Å². The van der Waals surface area contributed by atoms with Crippen LogP contribution in [0.2, 0.25) is 0 Å². The Morgan fingerprint density at radius 1 is 1.11 bits per heavy atom. The third-order valence-electron chi connectivity index (χ3n) is 4.06. The normalized spacial score (nSPS) is 12.7. The molecule has 0 aliphatic rings. The minimum absolute atomic E-state index is 0.0944. The third kappa shape index (κ3) is 4.81. The summed E-state index contributed by atoms with van der Waals surface area (Å²) in [6.45, 7) is 6.55. The van der Waals surface area contributed by atoms with Crippen molar-refractivity contribution in [2.75, 3.05) is 0 Å². The minimum atomic E-state index is 0.0944. The predicted octanol–water partition coefficient (Wildman–Crippen LogP) is 6.02. The molecule has 1 heterocycles. The molecule has 0 atom stereocenters. The Bertz CT molecular complexity index is 1020. The highest BCUT2D eigenvalue weighted by Gasteiger charge is 2.14. The Hall–Kier alpha value is -2.50. The number of nitrogens with zero attached hydrogens (tertiary/aromatic N) is 3. The van der Waals surface area contributed by atoms with E-state index in [2.05, 4.69) is 48.2 Å². The number of hydrogen-bond acceptors (Lipinski definition) is 3. The van der Waals surface area contributed by atoms with Crippen LogP contribution < -0.4 is 0 Å². The van der Waals surface area contributed by atoms with Gasteiger partial charge in [0.2, 0.25) is 4.77 Å². The minimum Gasteiger partial charge on any atom is -0.250 e. The summed E-state index contributed by atoms with van der Waals surface area (Å²) < 4.78 is 1.98. The number of halogens is 1. The summed E-state index contributed by atoms with van der Waals surface area (Å²) in [5, 5.41) is 12.0. The summed E-state index contributed by atoms with van der Waals surface area (Å²) in [5.74, 6) is 0.640. The number of benzene rings is 2. The van der Waals surface area contributed by atoms with Crippen molar-refractivity contribution in [3.05, 3.63) is 75.5 Å². The number of nitrogens with one attached hydrogen (secondary N) is 1. The lowest BCUT2D eigenvalue weighted by molar-refractivity contribution is 0.590. The number of H-pyrrole nitrogens is 1. The van der Waals surface area contributed by atoms with Crippen LogP contribution in [0.3, 0.4) is 0 Å². The molecule has 0 aliphatic carbocycles. The van der Waals surface area contributed by atoms with E-state index in [1.165, 1.54) is 5.56 Å². The van der Waals surface area contributed by atoms with Crippen LogP contribution in [0, 0.1) is 4.77 Å². The molecule has 3 rings (SSSR count). The highest BCUT2D eigenvalue weighted by atomic mass is 35.5. The maximum Gasteiger partial charge on any atom is 0.216 e. The molecule has 0 radical (unpaired) electrons. The molecule has 2 aromatic carbocycles. The van der Waals surface area contributed by atoms with E-state index < -0.39 is 0 Å². The predicted molar refractivity (Wildman–Crippen MR) is 116 cm³/mol. The quantitative estimate of drug-likeness (QED) is 0.433. The van der Waals surface area contributed by atoms with Crippen molar-refractivity contribution in [2.45, 2.75) is 26.2 Å². The fourth-order valence-corrected chi connectivity index (χ4v) is 2.91. The van der Waals surface area contributed by atoms with E-state index in [9.17, 15) is 0 Å². The molecule has 138 valence electrons. The fourth-order valence-electron chi connectivity index (χ4n) is 2.56. The van der Waals surface area contributed by atoms with Gasteiger partial charge in [-0.3, -0.25) is 0 Å². The second-order valence-electron chi connectivity index (χ2n) is 7.18. The van der Waals surface area contributed by atoms with Crippen molar-refractivity contribution in [1.29, 1.82) is 0 Å². The van der Waals surface area contributed by atoms with Gasteiger partial charge in [-0.25, -0.2) is 5.10 Å². The van der Waals surface area contributed by atoms with Crippen LogP contribution in [0.25, 0.3) is 17.5 Å². The van der Waals surface area contributed by atoms with E-state index in [1.807, 2.05) is 48.5 Å². The van der Waals surface area contributed by atoms with Crippen LogP contribution in [0.5, 0.6) is 0 Å². The highest BCUT2D eigenvalue weighted by Crippen LogP contribution is 2.25. The number of hydrogen-bond donors (Lipinski definition) is 1. The molecular formula is C21H21ClN4S. The Kier molecular flexibility index (Phi) is 5.73. The van der Waals surface area contributed by atoms with Gasteiger partial charge in [-0.2, -0.15) is 14.9 Å². The number of aromatic amines is 1. The van der Waals surface area contributed by atoms with Crippen molar-refractivity contribution < 1.29 is 0 Å². The van der Waals surface area contributed by atoms with Crippen molar-refractivity contribution in [1.82, 2.24) is 14.9 Å². The van der Waals surface area contributed by atoms with Gasteiger partial charge in [-0.1, -0.05) is 87.0 Å². The first-order chi connectivity index (χ1) is 12.8. The maximum atomic E-state index is 6.29. The van der Waals surface area contributed by atoms with Gasteiger partial charge in [-0.05, 0) is 34.8 Å². The Morgan fingerprint density at radius 3 is 2.41 bits per heavy atom. The fraction of sp³-hybridized carbons (Fsp3) is 0.190. The summed E-state index contributed by atoms with van der Waals surface area (Å²) in [7, 11) is 0. The first kappa shape index (κ1) is 19.3. The lowest BCUT2D eigenvalue weighted by Gasteiger charge is -2.18. The molecule has 0 unspecified atom stereocenters. The van der Waals surface area contributed by atoms with E-state index >= 15 is 0 Å². The molecule has 0 bridgehead atoms. The summed E-state index contributed by atoms with van der Waals surface area (Å²) in [5.41, 5.74) is 3.28. The Labute approximate surface area is 169 Å². The summed E-state index contributed by atoms with van der Waals surface area (Å²) >= 11 is 11.6. The largest absolute Gasteiger partial charge is 0.250 e. The number of allylic oxidation sites excluding steroid dienone is 1. The standard InChI is InChI=1S/C21H21ClN4S/c1-21(2,3)17-11-9-16(10-12-17)19-24-25-20(27)26(19)23-14-18(22)13-15-7-5-4-6-8-15/h4-14H,1-3H3,(H,25,27)/b18-13-,23-14?. The SMILES string of the molecule is CC(C)(C)c1ccc(-c2n[nH]c(=S)n2N=C/C(Cl)=C/c2ccccc2)cc1. The molecule has 1 N–H and O–H groups in total. The van der Waals surface area contributed by atoms with Gasteiger partial charge in [0, 0.05) is 5.56 Å². The molecule has 0 saturated heterocycles. The molecule has 3 aromatic rings. The molecular weight excluding hydrogens is 376 g/mol. The second-order valence-corrected chi connectivity index (χ2v) is 8.00. The second kappa shape index (κ2) is 8.03. The van der Waals surface area contributed by atoms with Gasteiger partial charge in [0.05, 0.1) is 11.2 Å². The van der Waals surface area contributed by atoms with Crippen molar-refractivity contribution >= 4 is 36.1 Å². The molecule has 0 fully saturated rings. The number of aromatic nitrogens is 3. The zero-order valence-corrected chi connectivity index (χ0v) is 17.1. The lowest BCUT2D eigenvalue weighted by atomic mass is 9.87. The molecule has 0 saturated carbocycles. The first-order valence-corrected chi connectivity index (χ1v) is 9.38. The van der Waals surface area contributed by atoms with Crippen LogP contribution in [-0.2, 0) is 5.41 Å². The summed E-state index contributed by atoms with van der Waals surface area (Å²) in [6.07, 6.45) is 3.40. The first-order valence-electron chi connectivity index (χ1n) is 8.59. The monoisotopic (exact) mass is 396 g/mol. The molecule has 0 spiro atoms. The van der Waals surface area contributed by atoms with Gasteiger partial charge in [-0.15, -0.1) is 0 Å². The molecule has 0 aliphatic heterocycles. The van der Waals surface area contributed by atoms with Crippen LogP contribution in [0.15, 0.2) is 64.7 Å². The zero-order valence-electron chi connectivity index (χ0n) is 15.5. The van der Waals surface area contributed by atoms with Crippen molar-refractivity contribution in [3.8, 4) is 11.4 Å². The maximum absolute atomic E-state index is 6.29. The zero-order chi connectivity index (χ0) is 19.4. The van der Waals surface area contributed by atoms with Gasteiger partial charge in [0.15, 0.2) is 5.82 Å². The number of rotatable bonds is 4. The Balaban J connectivity index is 1.89. The third-order valence-corrected chi connectivity index (χ3v) is 4.53. The van der Waals surface area contributed by atoms with Gasteiger partial charge >= 0.3 is 0 Å². The average Bonchev–Trinajstić information content (AvgIpc) is 3.01. The Morgan fingerprint density at radius 2 is 1.78 bits per heavy atom. The topological polar surface area (TPSA) is 46.0 Å². The van der Waals surface area contributed by atoms with Crippen LogP contribution >= 0.6 is 23.8 Å². The molecule has 0 amide bonds. The molecule has 27 heavy (non-hydrogen) atoms. The lowest BCUT2D eigenvalue weighted by Crippen LogP contribution is -2.10. The van der Waals surface area contributed by atoms with E-state index in [1.54, 1.807) is 10.9 Å². The van der Waals surface area contributed by atoms with Crippen molar-refractivity contribution in [3.63, 3.8) is 0 Å². The summed E-state index contributed by atoms with van der Waals surface area (Å²) in [6, 6.07) is 18.1. The van der Waals surface area contributed by atoms with Gasteiger partial charge in [0.1, 0.15) is 0 Å². The molecule has 1 aromatic heterocycles. The average molecular weight is 397 g/mol. The molecule has 6 heteroatoms. The van der Waals surface area contributed by atoms with Crippen LogP contribution in [-0.4, -0.2) is 21.1 Å². The van der Waals surface area contributed by atoms with Gasteiger partial charge in [0.25, 0.3) is 0 Å². The van der Waals surface area contributed by atoms with E-state index in [4.69, 9.17) is 23.8 Å².